The Balaban J connectivity index is 3.50. The van der Waals surface area contributed by atoms with Crippen LogP contribution in [0.25, 0.3) is 0 Å². The number of hydrogen-bond donors (Lipinski definition) is 2. The van der Waals surface area contributed by atoms with E-state index in [0.717, 1.165) is 25.7 Å². The molecule has 0 aromatic heterocycles. The molecule has 3 nitrogen and oxygen atoms in total. The van der Waals surface area contributed by atoms with Gasteiger partial charge in [-0.3, -0.25) is 4.79 Å². The van der Waals surface area contributed by atoms with Crippen molar-refractivity contribution >= 4 is 5.97 Å². The number of aliphatic carboxylic acids is 1. The maximum absolute atomic E-state index is 10.5. The number of carboxylic acid groups (broad SMARTS) is 1. The van der Waals surface area contributed by atoms with E-state index in [4.69, 9.17) is 10.2 Å². The van der Waals surface area contributed by atoms with E-state index in [1.165, 1.54) is 44.9 Å². The highest BCUT2D eigenvalue weighted by Crippen LogP contribution is 2.20. The molecular formula is C16H32O3. The van der Waals surface area contributed by atoms with Gasteiger partial charge in [0.25, 0.3) is 0 Å². The molecule has 0 saturated heterocycles. The van der Waals surface area contributed by atoms with Crippen LogP contribution in [0.2, 0.25) is 0 Å². The van der Waals surface area contributed by atoms with Crippen LogP contribution in [-0.4, -0.2) is 22.8 Å². The minimum atomic E-state index is -0.710. The van der Waals surface area contributed by atoms with Gasteiger partial charge in [-0.1, -0.05) is 58.3 Å². The summed E-state index contributed by atoms with van der Waals surface area (Å²) >= 11 is 0. The summed E-state index contributed by atoms with van der Waals surface area (Å²) in [5.41, 5.74) is 0. The Morgan fingerprint density at radius 2 is 1.47 bits per heavy atom. The van der Waals surface area contributed by atoms with Gasteiger partial charge in [0, 0.05) is 13.0 Å². The molecule has 0 amide bonds. The van der Waals surface area contributed by atoms with E-state index in [0.29, 0.717) is 5.92 Å². The summed E-state index contributed by atoms with van der Waals surface area (Å²) in [5.74, 6) is -0.196. The molecule has 0 spiro atoms. The molecule has 0 aromatic rings. The lowest BCUT2D eigenvalue weighted by atomic mass is 9.92. The van der Waals surface area contributed by atoms with Gasteiger partial charge in [0.15, 0.2) is 0 Å². The molecule has 0 bridgehead atoms. The summed E-state index contributed by atoms with van der Waals surface area (Å²) in [4.78, 5) is 10.5. The first kappa shape index (κ1) is 18.4. The third kappa shape index (κ3) is 13.7. The normalized spacial score (nSPS) is 12.5. The van der Waals surface area contributed by atoms with E-state index >= 15 is 0 Å². The summed E-state index contributed by atoms with van der Waals surface area (Å²) < 4.78 is 0. The molecule has 1 atom stereocenters. The number of carboxylic acids is 1. The summed E-state index contributed by atoms with van der Waals surface area (Å²) in [5, 5.41) is 17.7. The van der Waals surface area contributed by atoms with Crippen LogP contribution in [0.3, 0.4) is 0 Å². The minimum Gasteiger partial charge on any atom is -0.481 e. The van der Waals surface area contributed by atoms with Gasteiger partial charge in [0.2, 0.25) is 0 Å². The fourth-order valence-corrected chi connectivity index (χ4v) is 2.55. The monoisotopic (exact) mass is 272 g/mol. The number of carbonyl (C=O) groups is 1. The second kappa shape index (κ2) is 13.9. The largest absolute Gasteiger partial charge is 0.481 e. The van der Waals surface area contributed by atoms with Gasteiger partial charge in [-0.2, -0.15) is 0 Å². The zero-order valence-corrected chi connectivity index (χ0v) is 12.6. The third-order valence-electron chi connectivity index (χ3n) is 3.76. The highest BCUT2D eigenvalue weighted by molar-refractivity contribution is 5.66. The van der Waals surface area contributed by atoms with E-state index in [1.54, 1.807) is 0 Å². The van der Waals surface area contributed by atoms with E-state index in [-0.39, 0.29) is 13.0 Å². The third-order valence-corrected chi connectivity index (χ3v) is 3.76. The van der Waals surface area contributed by atoms with Crippen LogP contribution in [0, 0.1) is 5.92 Å². The van der Waals surface area contributed by atoms with Gasteiger partial charge in [-0.15, -0.1) is 0 Å². The minimum absolute atomic E-state index is 0.230. The highest BCUT2D eigenvalue weighted by Gasteiger charge is 2.09. The molecule has 1 unspecified atom stereocenters. The average Bonchev–Trinajstić information content (AvgIpc) is 2.37. The maximum atomic E-state index is 10.5. The van der Waals surface area contributed by atoms with Gasteiger partial charge in [0.05, 0.1) is 0 Å². The second-order valence-corrected chi connectivity index (χ2v) is 5.57. The van der Waals surface area contributed by atoms with Crippen LogP contribution in [-0.2, 0) is 4.79 Å². The Hall–Kier alpha value is -0.570. The number of aliphatic hydroxyl groups excluding tert-OH is 1. The Kier molecular flexibility index (Phi) is 13.4. The van der Waals surface area contributed by atoms with Crippen LogP contribution in [0.5, 0.6) is 0 Å². The molecule has 0 aliphatic heterocycles. The van der Waals surface area contributed by atoms with Gasteiger partial charge < -0.3 is 10.2 Å². The van der Waals surface area contributed by atoms with Gasteiger partial charge in [-0.05, 0) is 25.2 Å². The Morgan fingerprint density at radius 3 is 2.05 bits per heavy atom. The number of aliphatic hydroxyl groups is 1. The SMILES string of the molecule is CCCCCCCCCC(CCO)CCCC(=O)O. The van der Waals surface area contributed by atoms with Gasteiger partial charge in [0.1, 0.15) is 0 Å². The molecule has 0 aliphatic rings. The molecule has 0 aliphatic carbocycles. The Labute approximate surface area is 118 Å². The summed E-state index contributed by atoms with van der Waals surface area (Å²) in [6.07, 6.45) is 13.1. The topological polar surface area (TPSA) is 57.5 Å². The lowest BCUT2D eigenvalue weighted by molar-refractivity contribution is -0.137. The molecule has 114 valence electrons. The van der Waals surface area contributed by atoms with Crippen LogP contribution in [0.15, 0.2) is 0 Å². The van der Waals surface area contributed by atoms with Crippen LogP contribution in [0.1, 0.15) is 84.0 Å². The van der Waals surface area contributed by atoms with Gasteiger partial charge >= 0.3 is 5.97 Å². The van der Waals surface area contributed by atoms with Crippen molar-refractivity contribution in [1.82, 2.24) is 0 Å². The molecule has 0 heterocycles. The molecule has 19 heavy (non-hydrogen) atoms. The van der Waals surface area contributed by atoms with E-state index < -0.39 is 5.97 Å². The standard InChI is InChI=1S/C16H32O3/c1-2-3-4-5-6-7-8-10-15(13-14-17)11-9-12-16(18)19/h15,17H,2-14H2,1H3,(H,18,19). The van der Waals surface area contributed by atoms with Crippen molar-refractivity contribution < 1.29 is 15.0 Å². The van der Waals surface area contributed by atoms with Crippen molar-refractivity contribution in [2.75, 3.05) is 6.61 Å². The van der Waals surface area contributed by atoms with Crippen molar-refractivity contribution in [2.45, 2.75) is 84.0 Å². The molecule has 0 radical (unpaired) electrons. The van der Waals surface area contributed by atoms with Crippen molar-refractivity contribution in [3.05, 3.63) is 0 Å². The van der Waals surface area contributed by atoms with Crippen molar-refractivity contribution in [3.63, 3.8) is 0 Å². The predicted molar refractivity (Wildman–Crippen MR) is 79.3 cm³/mol. The summed E-state index contributed by atoms with van der Waals surface area (Å²) in [7, 11) is 0. The fraction of sp³-hybridized carbons (Fsp3) is 0.938. The Morgan fingerprint density at radius 1 is 0.895 bits per heavy atom. The lowest BCUT2D eigenvalue weighted by Crippen LogP contribution is -2.05. The van der Waals surface area contributed by atoms with Crippen molar-refractivity contribution in [1.29, 1.82) is 0 Å². The molecule has 3 heteroatoms. The highest BCUT2D eigenvalue weighted by atomic mass is 16.4. The van der Waals surface area contributed by atoms with Crippen LogP contribution >= 0.6 is 0 Å². The molecule has 0 rings (SSSR count). The zero-order valence-electron chi connectivity index (χ0n) is 12.6. The summed E-state index contributed by atoms with van der Waals surface area (Å²) in [6.45, 7) is 2.46. The molecule has 0 fully saturated rings. The van der Waals surface area contributed by atoms with E-state index in [9.17, 15) is 4.79 Å². The summed E-state index contributed by atoms with van der Waals surface area (Å²) in [6, 6.07) is 0. The maximum Gasteiger partial charge on any atom is 0.303 e. The van der Waals surface area contributed by atoms with E-state index in [2.05, 4.69) is 6.92 Å². The molecular weight excluding hydrogens is 240 g/mol. The Bertz CT molecular complexity index is 204. The molecule has 2 N–H and O–H groups in total. The number of hydrogen-bond acceptors (Lipinski definition) is 2. The fourth-order valence-electron chi connectivity index (χ4n) is 2.55. The number of unbranched alkanes of at least 4 members (excludes halogenated alkanes) is 6. The van der Waals surface area contributed by atoms with E-state index in [1.807, 2.05) is 0 Å². The first-order valence-electron chi connectivity index (χ1n) is 8.03. The van der Waals surface area contributed by atoms with Crippen LogP contribution in [0.4, 0.5) is 0 Å². The molecule has 0 saturated carbocycles. The quantitative estimate of drug-likeness (QED) is 0.461. The van der Waals surface area contributed by atoms with Crippen molar-refractivity contribution in [3.8, 4) is 0 Å². The smallest absolute Gasteiger partial charge is 0.303 e. The van der Waals surface area contributed by atoms with Crippen LogP contribution < -0.4 is 0 Å². The average molecular weight is 272 g/mol. The number of rotatable bonds is 14. The zero-order chi connectivity index (χ0) is 14.3. The first-order chi connectivity index (χ1) is 9.20. The predicted octanol–water partition coefficient (Wildman–Crippen LogP) is 4.38. The second-order valence-electron chi connectivity index (χ2n) is 5.57. The van der Waals surface area contributed by atoms with Crippen molar-refractivity contribution in [2.24, 2.45) is 5.92 Å². The first-order valence-corrected chi connectivity index (χ1v) is 8.03. The van der Waals surface area contributed by atoms with Gasteiger partial charge in [-0.25, -0.2) is 0 Å². The molecule has 0 aromatic carbocycles. The lowest BCUT2D eigenvalue weighted by Gasteiger charge is -2.15.